The van der Waals surface area contributed by atoms with Crippen molar-refractivity contribution >= 4 is 28.4 Å². The fourth-order valence-electron chi connectivity index (χ4n) is 2.75. The number of anilines is 1. The van der Waals surface area contributed by atoms with Crippen molar-refractivity contribution in [2.45, 2.75) is 19.9 Å². The van der Waals surface area contributed by atoms with Crippen LogP contribution in [0.25, 0.3) is 10.9 Å². The maximum Gasteiger partial charge on any atom is 0.270 e. The van der Waals surface area contributed by atoms with Gasteiger partial charge in [-0.15, -0.1) is 0 Å². The van der Waals surface area contributed by atoms with Gasteiger partial charge in [-0.2, -0.15) is 0 Å². The van der Waals surface area contributed by atoms with Crippen LogP contribution in [0, 0.1) is 0 Å². The van der Waals surface area contributed by atoms with Crippen LogP contribution in [-0.4, -0.2) is 28.9 Å². The number of aromatic amines is 1. The van der Waals surface area contributed by atoms with E-state index in [1.54, 1.807) is 31.5 Å². The molecule has 3 N–H and O–H groups in total. The van der Waals surface area contributed by atoms with Crippen LogP contribution in [0.15, 0.2) is 42.6 Å². The van der Waals surface area contributed by atoms with Crippen LogP contribution in [0.3, 0.4) is 0 Å². The van der Waals surface area contributed by atoms with Crippen LogP contribution in [0.5, 0.6) is 5.75 Å². The first-order valence-corrected chi connectivity index (χ1v) is 8.18. The zero-order valence-electron chi connectivity index (χ0n) is 14.8. The highest BCUT2D eigenvalue weighted by Gasteiger charge is 2.21. The Morgan fingerprint density at radius 1 is 1.23 bits per heavy atom. The Morgan fingerprint density at radius 2 is 2.04 bits per heavy atom. The van der Waals surface area contributed by atoms with Gasteiger partial charge in [0.05, 0.1) is 24.5 Å². The molecule has 0 bridgehead atoms. The van der Waals surface area contributed by atoms with Gasteiger partial charge in [0.2, 0.25) is 5.91 Å². The minimum atomic E-state index is -0.331. The summed E-state index contributed by atoms with van der Waals surface area (Å²) in [5.74, 6) is 0.0412. The summed E-state index contributed by atoms with van der Waals surface area (Å²) in [6.45, 7) is 3.25. The summed E-state index contributed by atoms with van der Waals surface area (Å²) in [5.41, 5.74) is 2.19. The molecule has 0 radical (unpaired) electrons. The summed E-state index contributed by atoms with van der Waals surface area (Å²) in [6, 6.07) is 10.6. The summed E-state index contributed by atoms with van der Waals surface area (Å²) < 4.78 is 5.24. The van der Waals surface area contributed by atoms with Crippen LogP contribution >= 0.6 is 0 Å². The number of pyridine rings is 1. The predicted octanol–water partition coefficient (Wildman–Crippen LogP) is 3.02. The quantitative estimate of drug-likeness (QED) is 0.658. The third-order valence-corrected chi connectivity index (χ3v) is 4.01. The number of benzene rings is 1. The standard InChI is InChI=1S/C19H20N4O3/c1-11(15-6-4-5-9-20-15)21-19(25)18-17(22-12(2)24)14-10-13(26-3)7-8-16(14)23-18/h4-11,23H,1-3H3,(H,21,25)(H,22,24)/t11-/m0/s1. The van der Waals surface area contributed by atoms with E-state index in [0.717, 1.165) is 11.2 Å². The van der Waals surface area contributed by atoms with Crippen LogP contribution in [-0.2, 0) is 4.79 Å². The number of aromatic nitrogens is 2. The zero-order chi connectivity index (χ0) is 18.7. The summed E-state index contributed by atoms with van der Waals surface area (Å²) in [4.78, 5) is 31.8. The van der Waals surface area contributed by atoms with Gasteiger partial charge in [0.1, 0.15) is 11.4 Å². The molecular formula is C19H20N4O3. The van der Waals surface area contributed by atoms with Gasteiger partial charge < -0.3 is 20.4 Å². The molecule has 1 aromatic carbocycles. The molecule has 3 aromatic rings. The smallest absolute Gasteiger partial charge is 0.270 e. The number of H-pyrrole nitrogens is 1. The molecular weight excluding hydrogens is 332 g/mol. The Bertz CT molecular complexity index is 950. The molecule has 0 fully saturated rings. The number of carbonyl (C=O) groups is 2. The highest BCUT2D eigenvalue weighted by molar-refractivity contribution is 6.12. The lowest BCUT2D eigenvalue weighted by atomic mass is 10.2. The number of carbonyl (C=O) groups excluding carboxylic acids is 2. The van der Waals surface area contributed by atoms with Crippen LogP contribution in [0.1, 0.15) is 36.1 Å². The average molecular weight is 352 g/mol. The van der Waals surface area contributed by atoms with Crippen molar-refractivity contribution in [2.24, 2.45) is 0 Å². The minimum Gasteiger partial charge on any atom is -0.497 e. The maximum atomic E-state index is 12.8. The highest BCUT2D eigenvalue weighted by atomic mass is 16.5. The number of hydrogen-bond donors (Lipinski definition) is 3. The van der Waals surface area contributed by atoms with E-state index in [2.05, 4.69) is 20.6 Å². The lowest BCUT2D eigenvalue weighted by Crippen LogP contribution is -2.28. The number of fused-ring (bicyclic) bond motifs is 1. The monoisotopic (exact) mass is 352 g/mol. The van der Waals surface area contributed by atoms with E-state index in [1.165, 1.54) is 6.92 Å². The van der Waals surface area contributed by atoms with Gasteiger partial charge in [0, 0.05) is 24.0 Å². The van der Waals surface area contributed by atoms with E-state index in [0.29, 0.717) is 16.8 Å². The van der Waals surface area contributed by atoms with Crippen molar-refractivity contribution in [3.63, 3.8) is 0 Å². The molecule has 2 amide bonds. The maximum absolute atomic E-state index is 12.8. The summed E-state index contributed by atoms with van der Waals surface area (Å²) in [7, 11) is 1.56. The Morgan fingerprint density at radius 3 is 2.69 bits per heavy atom. The normalized spacial score (nSPS) is 11.8. The number of methoxy groups -OCH3 is 1. The van der Waals surface area contributed by atoms with Crippen LogP contribution in [0.2, 0.25) is 0 Å². The van der Waals surface area contributed by atoms with Gasteiger partial charge in [-0.3, -0.25) is 14.6 Å². The Balaban J connectivity index is 1.97. The van der Waals surface area contributed by atoms with E-state index in [9.17, 15) is 9.59 Å². The van der Waals surface area contributed by atoms with E-state index in [1.807, 2.05) is 25.1 Å². The van der Waals surface area contributed by atoms with Gasteiger partial charge in [-0.05, 0) is 37.3 Å². The number of amides is 2. The molecule has 0 spiro atoms. The topological polar surface area (TPSA) is 96.1 Å². The molecule has 0 saturated carbocycles. The Labute approximate surface area is 150 Å². The van der Waals surface area contributed by atoms with Gasteiger partial charge in [-0.25, -0.2) is 0 Å². The minimum absolute atomic E-state index is 0.263. The predicted molar refractivity (Wildman–Crippen MR) is 99.3 cm³/mol. The SMILES string of the molecule is COc1ccc2[nH]c(C(=O)N[C@@H](C)c3ccccn3)c(NC(C)=O)c2c1. The van der Waals surface area contributed by atoms with Crippen molar-refractivity contribution in [3.05, 3.63) is 54.0 Å². The zero-order valence-corrected chi connectivity index (χ0v) is 14.8. The van der Waals surface area contributed by atoms with Gasteiger partial charge in [0.15, 0.2) is 0 Å². The molecule has 2 aromatic heterocycles. The Hall–Kier alpha value is -3.35. The van der Waals surface area contributed by atoms with Crippen molar-refractivity contribution < 1.29 is 14.3 Å². The third kappa shape index (κ3) is 3.51. The molecule has 2 heterocycles. The average Bonchev–Trinajstić information content (AvgIpc) is 2.99. The molecule has 0 aliphatic rings. The number of rotatable bonds is 5. The van der Waals surface area contributed by atoms with Crippen LogP contribution < -0.4 is 15.4 Å². The lowest BCUT2D eigenvalue weighted by Gasteiger charge is -2.13. The molecule has 3 rings (SSSR count). The first-order valence-electron chi connectivity index (χ1n) is 8.18. The largest absolute Gasteiger partial charge is 0.497 e. The second kappa shape index (κ2) is 7.26. The Kier molecular flexibility index (Phi) is 4.88. The third-order valence-electron chi connectivity index (χ3n) is 4.01. The second-order valence-electron chi connectivity index (χ2n) is 5.92. The number of nitrogens with zero attached hydrogens (tertiary/aromatic N) is 1. The van der Waals surface area contributed by atoms with Gasteiger partial charge in [0.25, 0.3) is 5.91 Å². The first-order chi connectivity index (χ1) is 12.5. The van der Waals surface area contributed by atoms with Crippen molar-refractivity contribution in [3.8, 4) is 5.75 Å². The fourth-order valence-corrected chi connectivity index (χ4v) is 2.75. The van der Waals surface area contributed by atoms with E-state index in [4.69, 9.17) is 4.74 Å². The number of nitrogens with one attached hydrogen (secondary N) is 3. The van der Waals surface area contributed by atoms with Gasteiger partial charge in [-0.1, -0.05) is 6.07 Å². The van der Waals surface area contributed by atoms with Crippen molar-refractivity contribution in [2.75, 3.05) is 12.4 Å². The number of hydrogen-bond acceptors (Lipinski definition) is 4. The molecule has 134 valence electrons. The van der Waals surface area contributed by atoms with Crippen molar-refractivity contribution in [1.29, 1.82) is 0 Å². The fraction of sp³-hybridized carbons (Fsp3) is 0.211. The molecule has 0 aliphatic heterocycles. The summed E-state index contributed by atoms with van der Waals surface area (Å²) >= 11 is 0. The molecule has 7 heteroatoms. The first kappa shape index (κ1) is 17.5. The molecule has 1 atom stereocenters. The second-order valence-corrected chi connectivity index (χ2v) is 5.92. The number of ether oxygens (including phenoxy) is 1. The molecule has 0 saturated heterocycles. The van der Waals surface area contributed by atoms with Crippen molar-refractivity contribution in [1.82, 2.24) is 15.3 Å². The van der Waals surface area contributed by atoms with Gasteiger partial charge >= 0.3 is 0 Å². The molecule has 0 unspecified atom stereocenters. The molecule has 7 nitrogen and oxygen atoms in total. The summed E-state index contributed by atoms with van der Waals surface area (Å²) in [5, 5.41) is 6.34. The summed E-state index contributed by atoms with van der Waals surface area (Å²) in [6.07, 6.45) is 1.68. The highest BCUT2D eigenvalue weighted by Crippen LogP contribution is 2.31. The van der Waals surface area contributed by atoms with E-state index in [-0.39, 0.29) is 23.6 Å². The molecule has 26 heavy (non-hydrogen) atoms. The van der Waals surface area contributed by atoms with E-state index >= 15 is 0 Å². The lowest BCUT2D eigenvalue weighted by molar-refractivity contribution is -0.114. The molecule has 0 aliphatic carbocycles. The van der Waals surface area contributed by atoms with Crippen LogP contribution in [0.4, 0.5) is 5.69 Å². The van der Waals surface area contributed by atoms with E-state index < -0.39 is 0 Å².